The van der Waals surface area contributed by atoms with Crippen LogP contribution >= 0.6 is 24.0 Å². The number of ether oxygens (including phenoxy) is 2. The molecule has 34 heavy (non-hydrogen) atoms. The van der Waals surface area contributed by atoms with Crippen molar-refractivity contribution in [3.05, 3.63) is 74.5 Å². The van der Waals surface area contributed by atoms with Gasteiger partial charge in [0.1, 0.15) is 21.5 Å². The summed E-state index contributed by atoms with van der Waals surface area (Å²) in [5, 5.41) is 3.15. The average Bonchev–Trinajstić information content (AvgIpc) is 3.10. The quantitative estimate of drug-likeness (QED) is 0.288. The summed E-state index contributed by atoms with van der Waals surface area (Å²) in [5.74, 6) is 0.885. The van der Waals surface area contributed by atoms with E-state index in [2.05, 4.69) is 10.3 Å². The molecule has 8 nitrogen and oxygen atoms in total. The molecule has 10 heteroatoms. The molecule has 176 valence electrons. The van der Waals surface area contributed by atoms with E-state index in [1.165, 1.54) is 21.1 Å². The Kier molecular flexibility index (Phi) is 7.30. The van der Waals surface area contributed by atoms with Crippen LogP contribution in [0.3, 0.4) is 0 Å². The molecule has 1 aromatic carbocycles. The third-order valence-electron chi connectivity index (χ3n) is 5.25. The number of rotatable bonds is 8. The van der Waals surface area contributed by atoms with Gasteiger partial charge >= 0.3 is 0 Å². The van der Waals surface area contributed by atoms with Gasteiger partial charge in [0.2, 0.25) is 0 Å². The standard InChI is InChI=1S/C24H24N4O4S2/c1-15-4-9-20-26-21(25-10-11-31-2)18(22(29)27(20)13-15)12-19-23(30)28(24(33)34-19)14-16-5-7-17(32-3)8-6-16/h4-9,12-13,25H,10-11,14H2,1-3H3/b19-12+. The number of pyridine rings is 1. The Morgan fingerprint density at radius 2 is 1.91 bits per heavy atom. The van der Waals surface area contributed by atoms with Crippen molar-refractivity contribution in [1.29, 1.82) is 0 Å². The van der Waals surface area contributed by atoms with Crippen LogP contribution in [-0.4, -0.2) is 51.9 Å². The van der Waals surface area contributed by atoms with E-state index in [9.17, 15) is 9.59 Å². The molecule has 0 aliphatic carbocycles. The number of hydrogen-bond acceptors (Lipinski definition) is 8. The molecule has 3 heterocycles. The van der Waals surface area contributed by atoms with E-state index in [0.717, 1.165) is 16.9 Å². The number of fused-ring (bicyclic) bond motifs is 1. The summed E-state index contributed by atoms with van der Waals surface area (Å²) in [6, 6.07) is 11.1. The number of thioether (sulfide) groups is 1. The second-order valence-electron chi connectivity index (χ2n) is 7.65. The van der Waals surface area contributed by atoms with Gasteiger partial charge in [0.25, 0.3) is 11.5 Å². The second-order valence-corrected chi connectivity index (χ2v) is 9.33. The van der Waals surface area contributed by atoms with Gasteiger partial charge < -0.3 is 14.8 Å². The van der Waals surface area contributed by atoms with Crippen LogP contribution in [0.2, 0.25) is 0 Å². The summed E-state index contributed by atoms with van der Waals surface area (Å²) in [4.78, 5) is 33.1. The Bertz CT molecular complexity index is 1340. The van der Waals surface area contributed by atoms with Crippen LogP contribution in [0.15, 0.2) is 52.3 Å². The molecule has 1 N–H and O–H groups in total. The lowest BCUT2D eigenvalue weighted by Crippen LogP contribution is -2.27. The van der Waals surface area contributed by atoms with E-state index < -0.39 is 0 Å². The first-order valence-corrected chi connectivity index (χ1v) is 11.8. The minimum atomic E-state index is -0.269. The Labute approximate surface area is 206 Å². The van der Waals surface area contributed by atoms with Crippen molar-refractivity contribution in [2.75, 3.05) is 32.7 Å². The van der Waals surface area contributed by atoms with Crippen LogP contribution in [0.25, 0.3) is 11.7 Å². The highest BCUT2D eigenvalue weighted by molar-refractivity contribution is 8.26. The van der Waals surface area contributed by atoms with Gasteiger partial charge in [0, 0.05) is 19.9 Å². The molecule has 2 aromatic heterocycles. The summed E-state index contributed by atoms with van der Waals surface area (Å²) in [6.07, 6.45) is 3.31. The summed E-state index contributed by atoms with van der Waals surface area (Å²) in [7, 11) is 3.20. The van der Waals surface area contributed by atoms with Crippen molar-refractivity contribution in [3.63, 3.8) is 0 Å². The first kappa shape index (κ1) is 23.9. The van der Waals surface area contributed by atoms with Gasteiger partial charge in [-0.1, -0.05) is 42.2 Å². The topological polar surface area (TPSA) is 85.2 Å². The normalized spacial score (nSPS) is 14.9. The highest BCUT2D eigenvalue weighted by atomic mass is 32.2. The van der Waals surface area contributed by atoms with Crippen LogP contribution in [0.4, 0.5) is 5.82 Å². The average molecular weight is 497 g/mol. The van der Waals surface area contributed by atoms with E-state index in [1.807, 2.05) is 37.3 Å². The SMILES string of the molecule is COCCNc1nc2ccc(C)cn2c(=O)c1/C=C1/SC(=S)N(Cc2ccc(OC)cc2)C1=O. The highest BCUT2D eigenvalue weighted by Gasteiger charge is 2.32. The maximum Gasteiger partial charge on any atom is 0.267 e. The number of benzene rings is 1. The fourth-order valence-corrected chi connectivity index (χ4v) is 4.71. The molecular formula is C24H24N4O4S2. The van der Waals surface area contributed by atoms with Crippen molar-refractivity contribution < 1.29 is 14.3 Å². The highest BCUT2D eigenvalue weighted by Crippen LogP contribution is 2.34. The first-order valence-electron chi connectivity index (χ1n) is 10.6. The summed E-state index contributed by atoms with van der Waals surface area (Å²) in [5.41, 5.74) is 2.38. The fourth-order valence-electron chi connectivity index (χ4n) is 3.48. The fraction of sp³-hybridized carbons (Fsp3) is 0.250. The van der Waals surface area contributed by atoms with Gasteiger partial charge in [-0.25, -0.2) is 4.98 Å². The zero-order valence-corrected chi connectivity index (χ0v) is 20.7. The molecule has 1 fully saturated rings. The molecule has 0 radical (unpaired) electrons. The van der Waals surface area contributed by atoms with E-state index in [1.54, 1.807) is 32.6 Å². The molecule has 1 aliphatic heterocycles. The number of thiocarbonyl (C=S) groups is 1. The lowest BCUT2D eigenvalue weighted by atomic mass is 10.2. The Balaban J connectivity index is 1.69. The van der Waals surface area contributed by atoms with Crippen molar-refractivity contribution in [1.82, 2.24) is 14.3 Å². The number of anilines is 1. The monoisotopic (exact) mass is 496 g/mol. The van der Waals surface area contributed by atoms with Gasteiger partial charge in [0.15, 0.2) is 0 Å². The molecule has 4 rings (SSSR count). The smallest absolute Gasteiger partial charge is 0.267 e. The number of hydrogen-bond donors (Lipinski definition) is 1. The van der Waals surface area contributed by atoms with E-state index >= 15 is 0 Å². The molecule has 0 saturated carbocycles. The molecule has 0 bridgehead atoms. The largest absolute Gasteiger partial charge is 0.497 e. The molecule has 0 spiro atoms. The van der Waals surface area contributed by atoms with E-state index in [-0.39, 0.29) is 11.5 Å². The van der Waals surface area contributed by atoms with Crippen molar-refractivity contribution >= 4 is 51.7 Å². The van der Waals surface area contributed by atoms with Crippen LogP contribution < -0.4 is 15.6 Å². The number of nitrogens with zero attached hydrogens (tertiary/aromatic N) is 3. The number of nitrogens with one attached hydrogen (secondary N) is 1. The zero-order valence-electron chi connectivity index (χ0n) is 19.0. The Hall–Kier alpha value is -3.21. The summed E-state index contributed by atoms with van der Waals surface area (Å²) in [6.45, 7) is 3.14. The molecule has 0 unspecified atom stereocenters. The number of aromatic nitrogens is 2. The van der Waals surface area contributed by atoms with E-state index in [4.69, 9.17) is 21.7 Å². The van der Waals surface area contributed by atoms with Gasteiger partial charge in [-0.15, -0.1) is 0 Å². The molecule has 1 aliphatic rings. The Morgan fingerprint density at radius 1 is 1.15 bits per heavy atom. The number of methoxy groups -OCH3 is 2. The van der Waals surface area contributed by atoms with Gasteiger partial charge in [-0.2, -0.15) is 0 Å². The second kappa shape index (κ2) is 10.4. The lowest BCUT2D eigenvalue weighted by Gasteiger charge is -2.14. The van der Waals surface area contributed by atoms with Gasteiger partial charge in [-0.3, -0.25) is 18.9 Å². The van der Waals surface area contributed by atoms with Crippen LogP contribution in [0.5, 0.6) is 5.75 Å². The first-order chi connectivity index (χ1) is 16.4. The number of amides is 1. The maximum atomic E-state index is 13.4. The van der Waals surface area contributed by atoms with Crippen LogP contribution in [-0.2, 0) is 16.1 Å². The number of aryl methyl sites for hydroxylation is 1. The third kappa shape index (κ3) is 4.98. The van der Waals surface area contributed by atoms with Crippen molar-refractivity contribution in [2.45, 2.75) is 13.5 Å². The third-order valence-corrected chi connectivity index (χ3v) is 6.63. The lowest BCUT2D eigenvalue weighted by molar-refractivity contribution is -0.122. The minimum absolute atomic E-state index is 0.248. The van der Waals surface area contributed by atoms with Gasteiger partial charge in [0.05, 0.1) is 30.7 Å². The Morgan fingerprint density at radius 3 is 2.62 bits per heavy atom. The molecule has 1 amide bonds. The number of carbonyl (C=O) groups is 1. The molecule has 0 atom stereocenters. The zero-order chi connectivity index (χ0) is 24.2. The van der Waals surface area contributed by atoms with Crippen molar-refractivity contribution in [3.8, 4) is 5.75 Å². The van der Waals surface area contributed by atoms with Crippen LogP contribution in [0.1, 0.15) is 16.7 Å². The predicted molar refractivity (Wildman–Crippen MR) is 138 cm³/mol. The summed E-state index contributed by atoms with van der Waals surface area (Å²) < 4.78 is 12.2. The number of carbonyl (C=O) groups excluding carboxylic acids is 1. The maximum absolute atomic E-state index is 13.4. The predicted octanol–water partition coefficient (Wildman–Crippen LogP) is 3.47. The van der Waals surface area contributed by atoms with E-state index in [0.29, 0.717) is 46.0 Å². The van der Waals surface area contributed by atoms with Crippen molar-refractivity contribution in [2.24, 2.45) is 0 Å². The minimum Gasteiger partial charge on any atom is -0.497 e. The summed E-state index contributed by atoms with van der Waals surface area (Å²) >= 11 is 6.65. The molecule has 1 saturated heterocycles. The van der Waals surface area contributed by atoms with Gasteiger partial charge in [-0.05, 0) is 42.3 Å². The van der Waals surface area contributed by atoms with Crippen LogP contribution in [0, 0.1) is 6.92 Å². The molecule has 3 aromatic rings. The molecular weight excluding hydrogens is 472 g/mol.